The zero-order valence-electron chi connectivity index (χ0n) is 9.47. The van der Waals surface area contributed by atoms with E-state index in [9.17, 15) is 0 Å². The van der Waals surface area contributed by atoms with Crippen molar-refractivity contribution in [3.05, 3.63) is 22.7 Å². The van der Waals surface area contributed by atoms with Crippen LogP contribution in [0.3, 0.4) is 0 Å². The number of fused-ring (bicyclic) bond motifs is 1. The van der Waals surface area contributed by atoms with E-state index in [0.717, 1.165) is 28.7 Å². The molecule has 1 aliphatic carbocycles. The maximum atomic E-state index is 5.73. The van der Waals surface area contributed by atoms with Crippen LogP contribution in [-0.2, 0) is 11.3 Å². The lowest BCUT2D eigenvalue weighted by Gasteiger charge is -2.25. The molecule has 0 unspecified atom stereocenters. The van der Waals surface area contributed by atoms with Crippen LogP contribution in [0, 0.1) is 0 Å². The van der Waals surface area contributed by atoms with Crippen LogP contribution in [0.4, 0.5) is 0 Å². The summed E-state index contributed by atoms with van der Waals surface area (Å²) < 4.78 is 8.66. The summed E-state index contributed by atoms with van der Waals surface area (Å²) in [7, 11) is 0. The van der Waals surface area contributed by atoms with Crippen LogP contribution in [0.5, 0.6) is 0 Å². The van der Waals surface area contributed by atoms with Crippen molar-refractivity contribution >= 4 is 27.0 Å². The van der Waals surface area contributed by atoms with E-state index in [1.54, 1.807) is 0 Å². The Hall–Kier alpha value is -0.940. The van der Waals surface area contributed by atoms with Crippen LogP contribution in [0.15, 0.2) is 22.7 Å². The van der Waals surface area contributed by atoms with Crippen LogP contribution < -0.4 is 0 Å². The van der Waals surface area contributed by atoms with Gasteiger partial charge in [0.2, 0.25) is 0 Å². The zero-order valence-corrected chi connectivity index (χ0v) is 11.1. The number of hydrogen-bond acceptors (Lipinski definition) is 3. The monoisotopic (exact) mass is 295 g/mol. The fourth-order valence-corrected chi connectivity index (χ4v) is 2.30. The van der Waals surface area contributed by atoms with E-state index in [-0.39, 0.29) is 0 Å². The molecule has 90 valence electrons. The third-order valence-electron chi connectivity index (χ3n) is 3.18. The Morgan fingerprint density at radius 1 is 1.41 bits per heavy atom. The van der Waals surface area contributed by atoms with Gasteiger partial charge in [-0.05, 0) is 37.5 Å². The molecule has 0 atom stereocenters. The molecule has 1 aromatic carbocycles. The molecule has 1 heterocycles. The van der Waals surface area contributed by atoms with Gasteiger partial charge in [0.15, 0.2) is 0 Å². The number of aromatic nitrogens is 3. The predicted octanol–water partition coefficient (Wildman–Crippen LogP) is 2.76. The Kier molecular flexibility index (Phi) is 3.11. The number of hydrogen-bond donors (Lipinski definition) is 0. The maximum Gasteiger partial charge on any atom is 0.114 e. The lowest BCUT2D eigenvalue weighted by atomic mass is 9.96. The van der Waals surface area contributed by atoms with Crippen molar-refractivity contribution < 1.29 is 4.74 Å². The Labute approximate surface area is 108 Å². The molecule has 0 aliphatic heterocycles. The van der Waals surface area contributed by atoms with Crippen LogP contribution in [0.1, 0.15) is 19.3 Å². The fraction of sp³-hybridized carbons (Fsp3) is 0.500. The summed E-state index contributed by atoms with van der Waals surface area (Å²) in [5, 5.41) is 8.28. The minimum absolute atomic E-state index is 0.485. The van der Waals surface area contributed by atoms with Crippen LogP contribution in [0.25, 0.3) is 11.0 Å². The van der Waals surface area contributed by atoms with Crippen molar-refractivity contribution in [3.8, 4) is 0 Å². The molecule has 0 radical (unpaired) electrons. The second-order valence-corrected chi connectivity index (χ2v) is 5.28. The average Bonchev–Trinajstić information content (AvgIpc) is 2.64. The molecule has 1 saturated carbocycles. The molecule has 17 heavy (non-hydrogen) atoms. The van der Waals surface area contributed by atoms with E-state index < -0.39 is 0 Å². The highest BCUT2D eigenvalue weighted by Gasteiger charge is 2.17. The molecule has 2 aromatic rings. The Morgan fingerprint density at radius 2 is 2.29 bits per heavy atom. The summed E-state index contributed by atoms with van der Waals surface area (Å²) in [5.74, 6) is 0. The van der Waals surface area contributed by atoms with Gasteiger partial charge in [0.05, 0.1) is 24.8 Å². The van der Waals surface area contributed by atoms with Gasteiger partial charge in [0.25, 0.3) is 0 Å². The summed E-state index contributed by atoms with van der Waals surface area (Å²) in [5.41, 5.74) is 1.98. The number of nitrogens with zero attached hydrogens (tertiary/aromatic N) is 3. The molecule has 1 aliphatic rings. The minimum atomic E-state index is 0.485. The van der Waals surface area contributed by atoms with Crippen molar-refractivity contribution in [2.75, 3.05) is 6.61 Å². The van der Waals surface area contributed by atoms with Crippen LogP contribution in [-0.4, -0.2) is 27.7 Å². The van der Waals surface area contributed by atoms with Gasteiger partial charge in [-0.2, -0.15) is 0 Å². The van der Waals surface area contributed by atoms with Gasteiger partial charge in [-0.15, -0.1) is 5.10 Å². The summed E-state index contributed by atoms with van der Waals surface area (Å²) in [6.45, 7) is 1.49. The summed E-state index contributed by atoms with van der Waals surface area (Å²) in [6.07, 6.45) is 4.22. The second-order valence-electron chi connectivity index (χ2n) is 4.37. The predicted molar refractivity (Wildman–Crippen MR) is 68.8 cm³/mol. The number of rotatable bonds is 4. The Bertz CT molecular complexity index is 521. The smallest absolute Gasteiger partial charge is 0.114 e. The van der Waals surface area contributed by atoms with E-state index in [1.807, 2.05) is 22.9 Å². The van der Waals surface area contributed by atoms with Crippen molar-refractivity contribution in [1.82, 2.24) is 15.0 Å². The lowest BCUT2D eigenvalue weighted by molar-refractivity contribution is -0.00212. The lowest BCUT2D eigenvalue weighted by Crippen LogP contribution is -2.23. The molecule has 0 N–H and O–H groups in total. The van der Waals surface area contributed by atoms with Gasteiger partial charge in [-0.25, -0.2) is 4.68 Å². The standard InChI is InChI=1S/C12H14BrN3O/c13-9-4-5-12-11(8-9)14-15-16(12)6-7-17-10-2-1-3-10/h4-5,8,10H,1-3,6-7H2. The highest BCUT2D eigenvalue weighted by molar-refractivity contribution is 9.10. The van der Waals surface area contributed by atoms with Gasteiger partial charge >= 0.3 is 0 Å². The number of benzene rings is 1. The van der Waals surface area contributed by atoms with Gasteiger partial charge in [-0.1, -0.05) is 21.1 Å². The van der Waals surface area contributed by atoms with E-state index in [1.165, 1.54) is 19.3 Å². The summed E-state index contributed by atoms with van der Waals surface area (Å²) in [4.78, 5) is 0. The van der Waals surface area contributed by atoms with Crippen molar-refractivity contribution in [2.45, 2.75) is 31.9 Å². The molecule has 5 heteroatoms. The summed E-state index contributed by atoms with van der Waals surface area (Å²) >= 11 is 3.43. The van der Waals surface area contributed by atoms with Crippen molar-refractivity contribution in [3.63, 3.8) is 0 Å². The first-order valence-corrected chi connectivity index (χ1v) is 6.72. The molecular weight excluding hydrogens is 282 g/mol. The third-order valence-corrected chi connectivity index (χ3v) is 3.68. The highest BCUT2D eigenvalue weighted by Crippen LogP contribution is 2.22. The number of ether oxygens (including phenoxy) is 1. The molecule has 0 saturated heterocycles. The molecule has 4 nitrogen and oxygen atoms in total. The highest BCUT2D eigenvalue weighted by atomic mass is 79.9. The first-order chi connectivity index (χ1) is 8.33. The zero-order chi connectivity index (χ0) is 11.7. The van der Waals surface area contributed by atoms with Crippen molar-refractivity contribution in [2.24, 2.45) is 0 Å². The van der Waals surface area contributed by atoms with E-state index in [4.69, 9.17) is 4.74 Å². The fourth-order valence-electron chi connectivity index (χ4n) is 1.95. The summed E-state index contributed by atoms with van der Waals surface area (Å²) in [6, 6.07) is 6.02. The molecule has 1 fully saturated rings. The minimum Gasteiger partial charge on any atom is -0.376 e. The molecule has 1 aromatic heterocycles. The van der Waals surface area contributed by atoms with Crippen molar-refractivity contribution in [1.29, 1.82) is 0 Å². The van der Waals surface area contributed by atoms with E-state index in [0.29, 0.717) is 6.10 Å². The quantitative estimate of drug-likeness (QED) is 0.871. The molecule has 3 rings (SSSR count). The first kappa shape index (κ1) is 11.2. The van der Waals surface area contributed by atoms with Gasteiger partial charge in [0.1, 0.15) is 5.52 Å². The van der Waals surface area contributed by atoms with E-state index >= 15 is 0 Å². The van der Waals surface area contributed by atoms with Crippen LogP contribution >= 0.6 is 15.9 Å². The van der Waals surface area contributed by atoms with Gasteiger partial charge in [0, 0.05) is 4.47 Å². The molecule has 0 amide bonds. The van der Waals surface area contributed by atoms with Gasteiger partial charge < -0.3 is 4.74 Å². The molecule has 0 bridgehead atoms. The maximum absolute atomic E-state index is 5.73. The largest absolute Gasteiger partial charge is 0.376 e. The van der Waals surface area contributed by atoms with Crippen LogP contribution in [0.2, 0.25) is 0 Å². The Morgan fingerprint density at radius 3 is 3.06 bits per heavy atom. The molecule has 0 spiro atoms. The average molecular weight is 296 g/mol. The topological polar surface area (TPSA) is 39.9 Å². The van der Waals surface area contributed by atoms with E-state index in [2.05, 4.69) is 26.2 Å². The number of halogens is 1. The molecular formula is C12H14BrN3O. The van der Waals surface area contributed by atoms with Gasteiger partial charge in [-0.3, -0.25) is 0 Å². The SMILES string of the molecule is Brc1ccc2c(c1)nnn2CCOC1CCC1. The third kappa shape index (κ3) is 2.35. The Balaban J connectivity index is 1.67. The normalized spacial score (nSPS) is 16.3. The first-order valence-electron chi connectivity index (χ1n) is 5.93. The second kappa shape index (κ2) is 4.74.